The van der Waals surface area contributed by atoms with E-state index in [1.54, 1.807) is 11.1 Å². The maximum Gasteiger partial charge on any atom is 0.407 e. The largest absolute Gasteiger partial charge is 0.465 e. The van der Waals surface area contributed by atoms with Crippen molar-refractivity contribution < 1.29 is 19.4 Å². The maximum absolute atomic E-state index is 13.6. The van der Waals surface area contributed by atoms with Gasteiger partial charge in [-0.1, -0.05) is 75.0 Å². The van der Waals surface area contributed by atoms with Crippen LogP contribution in [0.25, 0.3) is 0 Å². The van der Waals surface area contributed by atoms with Gasteiger partial charge < -0.3 is 24.5 Å². The van der Waals surface area contributed by atoms with Gasteiger partial charge in [0.15, 0.2) is 5.16 Å². The van der Waals surface area contributed by atoms with Crippen LogP contribution in [-0.2, 0) is 11.3 Å². The minimum Gasteiger partial charge on any atom is -0.465 e. The van der Waals surface area contributed by atoms with Crippen LogP contribution in [0.3, 0.4) is 0 Å². The van der Waals surface area contributed by atoms with Crippen molar-refractivity contribution in [3.8, 4) is 0 Å². The van der Waals surface area contributed by atoms with Crippen molar-refractivity contribution in [2.75, 3.05) is 49.3 Å². The fourth-order valence-electron chi connectivity index (χ4n) is 4.86. The smallest absolute Gasteiger partial charge is 0.407 e. The molecule has 41 heavy (non-hydrogen) atoms. The molecule has 0 bridgehead atoms. The van der Waals surface area contributed by atoms with Gasteiger partial charge in [-0.2, -0.15) is 0 Å². The highest BCUT2D eigenvalue weighted by atomic mass is 32.2. The Hall–Kier alpha value is -3.63. The number of rotatable bonds is 10. The molecule has 1 aliphatic heterocycles. The lowest BCUT2D eigenvalue weighted by atomic mass is 9.96. The summed E-state index contributed by atoms with van der Waals surface area (Å²) in [5, 5.41) is 10.4. The SMILES string of the molecule is CSc1ncc2c(n1)N(C)CCN(c1cccc(COC(CCN(CC(C)(C)C)C(=O)O)c3ccccc3)c1)C2=O. The van der Waals surface area contributed by atoms with Crippen LogP contribution < -0.4 is 9.80 Å². The number of fused-ring (bicyclic) bond motifs is 1. The minimum absolute atomic E-state index is 0.134. The Bertz CT molecular complexity index is 1350. The number of ether oxygens (including phenoxy) is 1. The molecule has 1 unspecified atom stereocenters. The number of carbonyl (C=O) groups is 2. The van der Waals surface area contributed by atoms with Crippen LogP contribution in [0, 0.1) is 5.41 Å². The Morgan fingerprint density at radius 2 is 1.90 bits per heavy atom. The lowest BCUT2D eigenvalue weighted by molar-refractivity contribution is 0.0252. The molecule has 1 N–H and O–H groups in total. The first-order valence-corrected chi connectivity index (χ1v) is 15.0. The number of hydrogen-bond donors (Lipinski definition) is 1. The van der Waals surface area contributed by atoms with Gasteiger partial charge in [0.25, 0.3) is 5.91 Å². The van der Waals surface area contributed by atoms with Crippen LogP contribution in [0.15, 0.2) is 66.0 Å². The summed E-state index contributed by atoms with van der Waals surface area (Å²) in [6.07, 6.45) is 2.84. The zero-order valence-electron chi connectivity index (χ0n) is 24.4. The second-order valence-electron chi connectivity index (χ2n) is 11.4. The third-order valence-corrected chi connectivity index (χ3v) is 7.43. The van der Waals surface area contributed by atoms with E-state index in [-0.39, 0.29) is 17.4 Å². The molecular formula is C31H39N5O4S. The second kappa shape index (κ2) is 13.4. The quantitative estimate of drug-likeness (QED) is 0.233. The molecule has 1 atom stereocenters. The predicted octanol–water partition coefficient (Wildman–Crippen LogP) is 5.97. The van der Waals surface area contributed by atoms with Gasteiger partial charge in [-0.15, -0.1) is 0 Å². The molecule has 0 fully saturated rings. The Kier molecular flexibility index (Phi) is 9.88. The van der Waals surface area contributed by atoms with E-state index in [1.165, 1.54) is 16.7 Å². The van der Waals surface area contributed by atoms with E-state index in [9.17, 15) is 14.7 Å². The number of anilines is 2. The molecule has 2 heterocycles. The first-order valence-electron chi connectivity index (χ1n) is 13.7. The molecule has 9 nitrogen and oxygen atoms in total. The number of benzene rings is 2. The highest BCUT2D eigenvalue weighted by molar-refractivity contribution is 7.98. The van der Waals surface area contributed by atoms with Gasteiger partial charge in [-0.05, 0) is 41.4 Å². The summed E-state index contributed by atoms with van der Waals surface area (Å²) < 4.78 is 6.41. The summed E-state index contributed by atoms with van der Waals surface area (Å²) in [6, 6.07) is 17.7. The lowest BCUT2D eigenvalue weighted by Crippen LogP contribution is -2.38. The Morgan fingerprint density at radius 3 is 2.59 bits per heavy atom. The Balaban J connectivity index is 1.50. The van der Waals surface area contributed by atoms with Crippen LogP contribution >= 0.6 is 11.8 Å². The third-order valence-electron chi connectivity index (χ3n) is 6.87. The van der Waals surface area contributed by atoms with Gasteiger partial charge in [0, 0.05) is 45.1 Å². The van der Waals surface area contributed by atoms with Crippen molar-refractivity contribution in [3.05, 3.63) is 77.5 Å². The highest BCUT2D eigenvalue weighted by Gasteiger charge is 2.28. The average Bonchev–Trinajstić information content (AvgIpc) is 3.07. The minimum atomic E-state index is -0.927. The van der Waals surface area contributed by atoms with Crippen molar-refractivity contribution in [3.63, 3.8) is 0 Å². The molecule has 0 spiro atoms. The van der Waals surface area contributed by atoms with E-state index in [4.69, 9.17) is 4.74 Å². The molecule has 2 aromatic carbocycles. The van der Waals surface area contributed by atoms with Crippen LogP contribution in [0.5, 0.6) is 0 Å². The first-order chi connectivity index (χ1) is 19.6. The number of nitrogens with zero attached hydrogens (tertiary/aromatic N) is 5. The number of carboxylic acid groups (broad SMARTS) is 1. The van der Waals surface area contributed by atoms with Crippen LogP contribution in [-0.4, -0.2) is 71.5 Å². The van der Waals surface area contributed by atoms with Gasteiger partial charge in [0.2, 0.25) is 0 Å². The summed E-state index contributed by atoms with van der Waals surface area (Å²) in [7, 11) is 1.94. The zero-order valence-corrected chi connectivity index (χ0v) is 25.2. The number of hydrogen-bond acceptors (Lipinski definition) is 7. The molecule has 3 aromatic rings. The van der Waals surface area contributed by atoms with Gasteiger partial charge in [-0.25, -0.2) is 14.8 Å². The summed E-state index contributed by atoms with van der Waals surface area (Å²) in [4.78, 5) is 39.6. The molecule has 0 aliphatic carbocycles. The van der Waals surface area contributed by atoms with Crippen LogP contribution in [0.2, 0.25) is 0 Å². The van der Waals surface area contributed by atoms with E-state index >= 15 is 0 Å². The van der Waals surface area contributed by atoms with E-state index in [0.717, 1.165) is 16.8 Å². The van der Waals surface area contributed by atoms with Gasteiger partial charge >= 0.3 is 6.09 Å². The number of likely N-dealkylation sites (N-methyl/N-ethyl adjacent to an activating group) is 1. The fourth-order valence-corrected chi connectivity index (χ4v) is 5.20. The van der Waals surface area contributed by atoms with Crippen molar-refractivity contribution in [2.24, 2.45) is 5.41 Å². The highest BCUT2D eigenvalue weighted by Crippen LogP contribution is 2.29. The fraction of sp³-hybridized carbons (Fsp3) is 0.419. The van der Waals surface area contributed by atoms with Gasteiger partial charge in [0.1, 0.15) is 11.4 Å². The molecule has 0 radical (unpaired) electrons. The van der Waals surface area contributed by atoms with Crippen molar-refractivity contribution in [1.29, 1.82) is 0 Å². The van der Waals surface area contributed by atoms with Crippen molar-refractivity contribution >= 4 is 35.3 Å². The maximum atomic E-state index is 13.6. The van der Waals surface area contributed by atoms with Gasteiger partial charge in [-0.3, -0.25) is 4.79 Å². The number of amides is 2. The predicted molar refractivity (Wildman–Crippen MR) is 163 cm³/mol. The monoisotopic (exact) mass is 577 g/mol. The summed E-state index contributed by atoms with van der Waals surface area (Å²) in [6.45, 7) is 8.35. The Labute approximate surface area is 246 Å². The molecule has 1 aliphatic rings. The molecule has 2 amide bonds. The molecular weight excluding hydrogens is 538 g/mol. The molecule has 218 valence electrons. The summed E-state index contributed by atoms with van der Waals surface area (Å²) in [5.74, 6) is 0.508. The van der Waals surface area contributed by atoms with Crippen molar-refractivity contribution in [1.82, 2.24) is 14.9 Å². The number of aromatic nitrogens is 2. The second-order valence-corrected chi connectivity index (χ2v) is 12.2. The summed E-state index contributed by atoms with van der Waals surface area (Å²) >= 11 is 1.45. The lowest BCUT2D eigenvalue weighted by Gasteiger charge is -2.29. The standard InChI is InChI=1S/C31H39N5O4S/c1-31(2,3)21-35(30(38)39)15-14-26(23-11-7-6-8-12-23)40-20-22-10-9-13-24(18-22)36-17-16-34(4)27-25(28(36)37)19-32-29(33-27)41-5/h6-13,18-19,26H,14-17,20-21H2,1-5H3,(H,38,39). The van der Waals surface area contributed by atoms with Gasteiger partial charge in [0.05, 0.1) is 12.7 Å². The molecule has 0 saturated carbocycles. The third kappa shape index (κ3) is 7.98. The average molecular weight is 578 g/mol. The zero-order chi connectivity index (χ0) is 29.6. The van der Waals surface area contributed by atoms with Crippen LogP contribution in [0.4, 0.5) is 16.3 Å². The first kappa shape index (κ1) is 30.3. The molecule has 10 heteroatoms. The number of thioether (sulfide) groups is 1. The Morgan fingerprint density at radius 1 is 1.15 bits per heavy atom. The summed E-state index contributed by atoms with van der Waals surface area (Å²) in [5.41, 5.74) is 3.03. The number of carbonyl (C=O) groups excluding carboxylic acids is 1. The molecule has 4 rings (SSSR count). The molecule has 1 aromatic heterocycles. The van der Waals surface area contributed by atoms with E-state index in [0.29, 0.717) is 55.7 Å². The topological polar surface area (TPSA) is 99.1 Å². The van der Waals surface area contributed by atoms with Crippen LogP contribution in [0.1, 0.15) is 54.8 Å². The van der Waals surface area contributed by atoms with Crippen molar-refractivity contribution in [2.45, 2.75) is 45.1 Å². The normalized spacial score (nSPS) is 14.4. The van der Waals surface area contributed by atoms with E-state index < -0.39 is 6.09 Å². The molecule has 0 saturated heterocycles. The van der Waals surface area contributed by atoms with E-state index in [2.05, 4.69) is 9.97 Å². The van der Waals surface area contributed by atoms with E-state index in [1.807, 2.05) is 93.6 Å².